The number of hydrogen-bond acceptors (Lipinski definition) is 8. The summed E-state index contributed by atoms with van der Waals surface area (Å²) in [7, 11) is 0. The van der Waals surface area contributed by atoms with Crippen molar-refractivity contribution in [1.82, 2.24) is 25.3 Å². The maximum Gasteiger partial charge on any atom is 0.417 e. The van der Waals surface area contributed by atoms with Crippen LogP contribution in [0.25, 0.3) is 10.3 Å². The van der Waals surface area contributed by atoms with Gasteiger partial charge >= 0.3 is 6.18 Å². The van der Waals surface area contributed by atoms with Crippen LogP contribution in [0.4, 0.5) is 18.9 Å². The van der Waals surface area contributed by atoms with Gasteiger partial charge in [-0.05, 0) is 18.2 Å². The van der Waals surface area contributed by atoms with Gasteiger partial charge in [-0.1, -0.05) is 11.6 Å². The topological polar surface area (TPSA) is 110 Å². The highest BCUT2D eigenvalue weighted by molar-refractivity contribution is 7.16. The maximum absolute atomic E-state index is 13.0. The highest BCUT2D eigenvalue weighted by atomic mass is 35.5. The molecule has 4 aromatic rings. The zero-order valence-corrected chi connectivity index (χ0v) is 18.0. The van der Waals surface area contributed by atoms with Crippen molar-refractivity contribution in [2.75, 3.05) is 5.32 Å². The first-order chi connectivity index (χ1) is 15.2. The minimum atomic E-state index is -4.65. The Hall–Kier alpha value is -3.16. The SMILES string of the molecule is O=C(Nc1ccc(Cl)c(C(F)(F)F)c1)c1cnc(CNC(=O)c2ncnc3scnc23)s1. The third-order valence-corrected chi connectivity index (χ3v) is 6.12. The molecule has 32 heavy (non-hydrogen) atoms. The highest BCUT2D eigenvalue weighted by Gasteiger charge is 2.33. The number of aromatic nitrogens is 4. The van der Waals surface area contributed by atoms with E-state index in [1.54, 1.807) is 5.51 Å². The standard InChI is InChI=1S/C18H10ClF3N6O2S2/c19-10-2-1-8(3-9(10)18(20,21)22)28-15(29)11-4-23-12(32-11)5-24-16(30)13-14-17(26-6-25-13)31-7-27-14/h1-4,6-7H,5H2,(H,24,30)(H,28,29). The number of halogens is 4. The normalized spacial score (nSPS) is 11.5. The van der Waals surface area contributed by atoms with Gasteiger partial charge in [0.05, 0.1) is 28.8 Å². The summed E-state index contributed by atoms with van der Waals surface area (Å²) >= 11 is 7.84. The predicted octanol–water partition coefficient (Wildman–Crippen LogP) is 4.40. The number of rotatable bonds is 5. The first-order valence-electron chi connectivity index (χ1n) is 8.67. The molecule has 0 radical (unpaired) electrons. The Morgan fingerprint density at radius 2 is 1.91 bits per heavy atom. The van der Waals surface area contributed by atoms with Crippen molar-refractivity contribution in [1.29, 1.82) is 0 Å². The highest BCUT2D eigenvalue weighted by Crippen LogP contribution is 2.36. The van der Waals surface area contributed by atoms with Crippen molar-refractivity contribution < 1.29 is 22.8 Å². The largest absolute Gasteiger partial charge is 0.417 e. The number of alkyl halides is 3. The average molecular weight is 499 g/mol. The van der Waals surface area contributed by atoms with Crippen LogP contribution in [-0.4, -0.2) is 31.8 Å². The first-order valence-corrected chi connectivity index (χ1v) is 10.7. The van der Waals surface area contributed by atoms with Crippen molar-refractivity contribution in [3.05, 3.63) is 62.4 Å². The van der Waals surface area contributed by atoms with E-state index in [9.17, 15) is 22.8 Å². The monoisotopic (exact) mass is 498 g/mol. The summed E-state index contributed by atoms with van der Waals surface area (Å²) in [5, 5.41) is 4.97. The zero-order valence-electron chi connectivity index (χ0n) is 15.6. The Kier molecular flexibility index (Phi) is 6.04. The number of nitrogens with one attached hydrogen (secondary N) is 2. The lowest BCUT2D eigenvalue weighted by atomic mass is 10.2. The molecule has 0 aliphatic carbocycles. The number of benzene rings is 1. The predicted molar refractivity (Wildman–Crippen MR) is 113 cm³/mol. The molecule has 2 N–H and O–H groups in total. The van der Waals surface area contributed by atoms with E-state index >= 15 is 0 Å². The number of thiazole rings is 2. The van der Waals surface area contributed by atoms with Gasteiger partial charge in [0.2, 0.25) is 0 Å². The van der Waals surface area contributed by atoms with Crippen LogP contribution in [0, 0.1) is 0 Å². The average Bonchev–Trinajstić information content (AvgIpc) is 3.42. The molecule has 3 aromatic heterocycles. The van der Waals surface area contributed by atoms with Gasteiger partial charge in [0.1, 0.15) is 26.6 Å². The molecule has 0 unspecified atom stereocenters. The molecule has 0 saturated heterocycles. The maximum atomic E-state index is 13.0. The minimum absolute atomic E-state index is 0.0194. The van der Waals surface area contributed by atoms with E-state index in [1.807, 2.05) is 0 Å². The minimum Gasteiger partial charge on any atom is -0.344 e. The molecule has 3 heterocycles. The fourth-order valence-electron chi connectivity index (χ4n) is 2.61. The van der Waals surface area contributed by atoms with Crippen LogP contribution in [0.1, 0.15) is 30.7 Å². The van der Waals surface area contributed by atoms with Crippen molar-refractivity contribution in [3.8, 4) is 0 Å². The van der Waals surface area contributed by atoms with Gasteiger partial charge < -0.3 is 10.6 Å². The van der Waals surface area contributed by atoms with E-state index in [0.717, 1.165) is 23.5 Å². The summed E-state index contributed by atoms with van der Waals surface area (Å²) in [6.45, 7) is 0.0194. The number of anilines is 1. The van der Waals surface area contributed by atoms with Gasteiger partial charge in [-0.2, -0.15) is 13.2 Å². The second kappa shape index (κ2) is 8.76. The summed E-state index contributed by atoms with van der Waals surface area (Å²) in [5.41, 5.74) is 0.944. The van der Waals surface area contributed by atoms with Gasteiger partial charge in [0, 0.05) is 5.69 Å². The molecule has 0 spiro atoms. The molecule has 0 fully saturated rings. The van der Waals surface area contributed by atoms with Crippen LogP contribution in [0.5, 0.6) is 0 Å². The van der Waals surface area contributed by atoms with E-state index in [1.165, 1.54) is 29.9 Å². The third-order valence-electron chi connectivity index (χ3n) is 4.06. The van der Waals surface area contributed by atoms with Crippen molar-refractivity contribution in [3.63, 3.8) is 0 Å². The molecule has 0 atom stereocenters. The molecular weight excluding hydrogens is 489 g/mol. The first kappa shape index (κ1) is 22.0. The van der Waals surface area contributed by atoms with Crippen LogP contribution in [-0.2, 0) is 12.7 Å². The van der Waals surface area contributed by atoms with E-state index in [-0.39, 0.29) is 22.8 Å². The summed E-state index contributed by atoms with van der Waals surface area (Å²) in [6.07, 6.45) is -2.12. The van der Waals surface area contributed by atoms with Crippen LogP contribution in [0.15, 0.2) is 36.2 Å². The van der Waals surface area contributed by atoms with Gasteiger partial charge in [-0.15, -0.1) is 22.7 Å². The number of carbonyl (C=O) groups excluding carboxylic acids is 2. The number of nitrogens with zero attached hydrogens (tertiary/aromatic N) is 4. The number of amides is 2. The number of hydrogen-bond donors (Lipinski definition) is 2. The molecule has 1 aromatic carbocycles. The van der Waals surface area contributed by atoms with Crippen LogP contribution < -0.4 is 10.6 Å². The van der Waals surface area contributed by atoms with Crippen LogP contribution in [0.2, 0.25) is 5.02 Å². The van der Waals surface area contributed by atoms with E-state index in [2.05, 4.69) is 30.6 Å². The van der Waals surface area contributed by atoms with Crippen molar-refractivity contribution in [2.24, 2.45) is 0 Å². The van der Waals surface area contributed by atoms with Crippen molar-refractivity contribution >= 4 is 62.1 Å². The Bertz CT molecular complexity index is 1320. The zero-order chi connectivity index (χ0) is 22.9. The lowest BCUT2D eigenvalue weighted by Crippen LogP contribution is -2.24. The smallest absolute Gasteiger partial charge is 0.344 e. The van der Waals surface area contributed by atoms with E-state index in [0.29, 0.717) is 15.4 Å². The Morgan fingerprint density at radius 1 is 1.09 bits per heavy atom. The molecule has 0 aliphatic heterocycles. The number of carbonyl (C=O) groups is 2. The van der Waals surface area contributed by atoms with E-state index in [4.69, 9.17) is 11.6 Å². The summed E-state index contributed by atoms with van der Waals surface area (Å²) in [4.78, 5) is 41.6. The second-order valence-electron chi connectivity index (χ2n) is 6.18. The molecule has 164 valence electrons. The van der Waals surface area contributed by atoms with Gasteiger partial charge in [0.25, 0.3) is 11.8 Å². The van der Waals surface area contributed by atoms with Crippen LogP contribution >= 0.6 is 34.3 Å². The summed E-state index contributed by atoms with van der Waals surface area (Å²) in [6, 6.07) is 3.07. The molecular formula is C18H10ClF3N6O2S2. The number of fused-ring (bicyclic) bond motifs is 1. The molecule has 2 amide bonds. The van der Waals surface area contributed by atoms with Crippen molar-refractivity contribution in [2.45, 2.75) is 12.7 Å². The lowest BCUT2D eigenvalue weighted by molar-refractivity contribution is -0.137. The molecule has 0 aliphatic rings. The Balaban J connectivity index is 1.41. The third kappa shape index (κ3) is 4.69. The second-order valence-corrected chi connectivity index (χ2v) is 8.53. The summed E-state index contributed by atoms with van der Waals surface area (Å²) in [5.74, 6) is -1.12. The van der Waals surface area contributed by atoms with Gasteiger partial charge in [-0.25, -0.2) is 19.9 Å². The lowest BCUT2D eigenvalue weighted by Gasteiger charge is -2.11. The molecule has 0 saturated carbocycles. The Labute approximate surface area is 190 Å². The molecule has 0 bridgehead atoms. The quantitative estimate of drug-likeness (QED) is 0.422. The Morgan fingerprint density at radius 3 is 2.69 bits per heavy atom. The van der Waals surface area contributed by atoms with Crippen LogP contribution in [0.3, 0.4) is 0 Å². The fraction of sp³-hybridized carbons (Fsp3) is 0.111. The molecule has 8 nitrogen and oxygen atoms in total. The van der Waals surface area contributed by atoms with E-state index < -0.39 is 28.6 Å². The molecule has 14 heteroatoms. The summed E-state index contributed by atoms with van der Waals surface area (Å²) < 4.78 is 38.9. The fourth-order valence-corrected chi connectivity index (χ4v) is 4.21. The van der Waals surface area contributed by atoms with Gasteiger partial charge in [-0.3, -0.25) is 9.59 Å². The van der Waals surface area contributed by atoms with Gasteiger partial charge in [0.15, 0.2) is 5.69 Å². The molecule has 4 rings (SSSR count).